The molecule has 1 aromatic rings. The SMILES string of the molecule is COc1ccc(S(=O)(=O)NCC2CCCO2)cc1OC=O. The predicted octanol–water partition coefficient (Wildman–Crippen LogP) is 0.688. The van der Waals surface area contributed by atoms with Crippen LogP contribution in [0, 0.1) is 0 Å². The van der Waals surface area contributed by atoms with Gasteiger partial charge in [0.25, 0.3) is 6.47 Å². The smallest absolute Gasteiger partial charge is 0.298 e. The average Bonchev–Trinajstić information content (AvgIpc) is 2.99. The van der Waals surface area contributed by atoms with E-state index in [2.05, 4.69) is 4.72 Å². The van der Waals surface area contributed by atoms with Crippen molar-refractivity contribution in [1.82, 2.24) is 4.72 Å². The van der Waals surface area contributed by atoms with Gasteiger partial charge in [-0.3, -0.25) is 4.79 Å². The Labute approximate surface area is 123 Å². The van der Waals surface area contributed by atoms with Crippen LogP contribution in [0.3, 0.4) is 0 Å². The number of carbonyl (C=O) groups is 1. The number of ether oxygens (including phenoxy) is 3. The van der Waals surface area contributed by atoms with Crippen molar-refractivity contribution in [3.8, 4) is 11.5 Å². The minimum absolute atomic E-state index is 0.00172. The molecule has 1 aliphatic heterocycles. The first-order valence-corrected chi connectivity index (χ1v) is 7.95. The zero-order valence-electron chi connectivity index (χ0n) is 11.6. The summed E-state index contributed by atoms with van der Waals surface area (Å²) in [6, 6.07) is 4.05. The van der Waals surface area contributed by atoms with Gasteiger partial charge < -0.3 is 14.2 Å². The first-order chi connectivity index (χ1) is 10.1. The number of benzene rings is 1. The first-order valence-electron chi connectivity index (χ1n) is 6.46. The van der Waals surface area contributed by atoms with E-state index in [1.165, 1.54) is 25.3 Å². The van der Waals surface area contributed by atoms with Crippen molar-refractivity contribution in [2.24, 2.45) is 0 Å². The van der Waals surface area contributed by atoms with Crippen LogP contribution in [0.1, 0.15) is 12.8 Å². The second kappa shape index (κ2) is 6.88. The van der Waals surface area contributed by atoms with E-state index in [4.69, 9.17) is 14.2 Å². The van der Waals surface area contributed by atoms with Crippen LogP contribution in [-0.4, -0.2) is 41.3 Å². The Morgan fingerprint density at radius 3 is 2.86 bits per heavy atom. The van der Waals surface area contributed by atoms with E-state index in [0.29, 0.717) is 6.61 Å². The third-order valence-electron chi connectivity index (χ3n) is 3.15. The van der Waals surface area contributed by atoms with Crippen LogP contribution in [0.25, 0.3) is 0 Å². The molecule has 0 spiro atoms. The van der Waals surface area contributed by atoms with Crippen molar-refractivity contribution >= 4 is 16.5 Å². The third-order valence-corrected chi connectivity index (χ3v) is 4.57. The van der Waals surface area contributed by atoms with Crippen molar-refractivity contribution in [3.05, 3.63) is 18.2 Å². The predicted molar refractivity (Wildman–Crippen MR) is 73.8 cm³/mol. The van der Waals surface area contributed by atoms with E-state index in [1.54, 1.807) is 0 Å². The maximum atomic E-state index is 12.2. The molecule has 0 aliphatic carbocycles. The Kier molecular flexibility index (Phi) is 5.16. The molecule has 0 radical (unpaired) electrons. The molecule has 0 amide bonds. The van der Waals surface area contributed by atoms with Crippen molar-refractivity contribution in [2.75, 3.05) is 20.3 Å². The van der Waals surface area contributed by atoms with E-state index in [0.717, 1.165) is 12.8 Å². The molecular formula is C13H17NO6S. The summed E-state index contributed by atoms with van der Waals surface area (Å²) in [6.07, 6.45) is 1.68. The van der Waals surface area contributed by atoms with Crippen LogP contribution < -0.4 is 14.2 Å². The van der Waals surface area contributed by atoms with Gasteiger partial charge >= 0.3 is 0 Å². The van der Waals surface area contributed by atoms with E-state index in [-0.39, 0.29) is 35.5 Å². The Hall–Kier alpha value is -1.64. The van der Waals surface area contributed by atoms with E-state index < -0.39 is 10.0 Å². The fourth-order valence-electron chi connectivity index (χ4n) is 2.06. The Morgan fingerprint density at radius 2 is 2.24 bits per heavy atom. The van der Waals surface area contributed by atoms with Crippen LogP contribution in [0.5, 0.6) is 11.5 Å². The third kappa shape index (κ3) is 3.93. The van der Waals surface area contributed by atoms with Gasteiger partial charge in [0.1, 0.15) is 0 Å². The lowest BCUT2D eigenvalue weighted by Gasteiger charge is -2.13. The van der Waals surface area contributed by atoms with E-state index in [1.807, 2.05) is 0 Å². The quantitative estimate of drug-likeness (QED) is 0.744. The van der Waals surface area contributed by atoms with Gasteiger partial charge in [-0.05, 0) is 25.0 Å². The molecule has 1 heterocycles. The molecule has 7 nitrogen and oxygen atoms in total. The largest absolute Gasteiger partial charge is 0.493 e. The topological polar surface area (TPSA) is 90.9 Å². The number of hydrogen-bond donors (Lipinski definition) is 1. The lowest BCUT2D eigenvalue weighted by molar-refractivity contribution is -0.120. The Bertz CT molecular complexity index is 595. The minimum Gasteiger partial charge on any atom is -0.493 e. The number of nitrogens with one attached hydrogen (secondary N) is 1. The van der Waals surface area contributed by atoms with Crippen LogP contribution >= 0.6 is 0 Å². The molecule has 1 N–H and O–H groups in total. The number of sulfonamides is 1. The zero-order chi connectivity index (χ0) is 15.3. The fourth-order valence-corrected chi connectivity index (χ4v) is 3.14. The van der Waals surface area contributed by atoms with Crippen molar-refractivity contribution < 1.29 is 27.4 Å². The summed E-state index contributed by atoms with van der Waals surface area (Å²) in [5.41, 5.74) is 0. The van der Waals surface area contributed by atoms with Crippen LogP contribution in [0.2, 0.25) is 0 Å². The van der Waals surface area contributed by atoms with Gasteiger partial charge in [0, 0.05) is 19.2 Å². The summed E-state index contributed by atoms with van der Waals surface area (Å²) < 4.78 is 41.9. The highest BCUT2D eigenvalue weighted by molar-refractivity contribution is 7.89. The molecule has 0 aromatic heterocycles. The summed E-state index contributed by atoms with van der Waals surface area (Å²) in [7, 11) is -2.30. The highest BCUT2D eigenvalue weighted by Gasteiger charge is 2.21. The summed E-state index contributed by atoms with van der Waals surface area (Å²) in [6.45, 7) is 1.10. The van der Waals surface area contributed by atoms with Crippen LogP contribution in [0.15, 0.2) is 23.1 Å². The first kappa shape index (κ1) is 15.7. The van der Waals surface area contributed by atoms with Gasteiger partial charge in [0.2, 0.25) is 10.0 Å². The fraction of sp³-hybridized carbons (Fsp3) is 0.462. The molecule has 1 unspecified atom stereocenters. The molecule has 1 aromatic carbocycles. The maximum Gasteiger partial charge on any atom is 0.298 e. The molecule has 0 bridgehead atoms. The molecule has 1 atom stereocenters. The summed E-state index contributed by atoms with van der Waals surface area (Å²) >= 11 is 0. The molecule has 2 rings (SSSR count). The van der Waals surface area contributed by atoms with E-state index in [9.17, 15) is 13.2 Å². The second-order valence-corrected chi connectivity index (χ2v) is 6.28. The van der Waals surface area contributed by atoms with Crippen molar-refractivity contribution in [3.63, 3.8) is 0 Å². The highest BCUT2D eigenvalue weighted by Crippen LogP contribution is 2.29. The molecule has 0 saturated carbocycles. The molecule has 21 heavy (non-hydrogen) atoms. The molecular weight excluding hydrogens is 298 g/mol. The van der Waals surface area contributed by atoms with Gasteiger partial charge in [-0.25, -0.2) is 13.1 Å². The molecule has 116 valence electrons. The minimum atomic E-state index is -3.70. The number of carbonyl (C=O) groups excluding carboxylic acids is 1. The Morgan fingerprint density at radius 1 is 1.43 bits per heavy atom. The van der Waals surface area contributed by atoms with E-state index >= 15 is 0 Å². The second-order valence-electron chi connectivity index (χ2n) is 4.51. The number of rotatable bonds is 7. The highest BCUT2D eigenvalue weighted by atomic mass is 32.2. The van der Waals surface area contributed by atoms with Gasteiger partial charge in [0.05, 0.1) is 18.1 Å². The average molecular weight is 315 g/mol. The van der Waals surface area contributed by atoms with Gasteiger partial charge in [-0.15, -0.1) is 0 Å². The van der Waals surface area contributed by atoms with Crippen LogP contribution in [-0.2, 0) is 19.6 Å². The standard InChI is InChI=1S/C13H17NO6S/c1-18-12-5-4-11(7-13(12)20-9-15)21(16,17)14-8-10-3-2-6-19-10/h4-5,7,9-10,14H,2-3,6,8H2,1H3. The summed E-state index contributed by atoms with van der Waals surface area (Å²) in [4.78, 5) is 10.4. The van der Waals surface area contributed by atoms with Crippen molar-refractivity contribution in [1.29, 1.82) is 0 Å². The molecule has 8 heteroatoms. The lowest BCUT2D eigenvalue weighted by Crippen LogP contribution is -2.31. The lowest BCUT2D eigenvalue weighted by atomic mass is 10.2. The molecule has 1 aliphatic rings. The Balaban J connectivity index is 2.14. The summed E-state index contributed by atoms with van der Waals surface area (Å²) in [5.74, 6) is 0.327. The molecule has 1 saturated heterocycles. The van der Waals surface area contributed by atoms with Crippen molar-refractivity contribution in [2.45, 2.75) is 23.8 Å². The number of hydrogen-bond acceptors (Lipinski definition) is 6. The van der Waals surface area contributed by atoms with Gasteiger partial charge in [-0.2, -0.15) is 0 Å². The molecule has 1 fully saturated rings. The van der Waals surface area contributed by atoms with Crippen LogP contribution in [0.4, 0.5) is 0 Å². The maximum absolute atomic E-state index is 12.2. The summed E-state index contributed by atoms with van der Waals surface area (Å²) in [5, 5.41) is 0. The van der Waals surface area contributed by atoms with Gasteiger partial charge in [0.15, 0.2) is 11.5 Å². The normalized spacial score (nSPS) is 18.4. The monoisotopic (exact) mass is 315 g/mol. The zero-order valence-corrected chi connectivity index (χ0v) is 12.4. The number of methoxy groups -OCH3 is 1. The van der Waals surface area contributed by atoms with Gasteiger partial charge in [-0.1, -0.05) is 0 Å².